The van der Waals surface area contributed by atoms with Gasteiger partial charge in [-0.2, -0.15) is 0 Å². The predicted molar refractivity (Wildman–Crippen MR) is 109 cm³/mol. The van der Waals surface area contributed by atoms with E-state index in [9.17, 15) is 4.79 Å². The highest BCUT2D eigenvalue weighted by molar-refractivity contribution is 6.17. The van der Waals surface area contributed by atoms with Gasteiger partial charge in [0, 0.05) is 5.56 Å². The molecule has 0 N–H and O–H groups in total. The van der Waals surface area contributed by atoms with Gasteiger partial charge in [0.1, 0.15) is 0 Å². The smallest absolute Gasteiger partial charge is 0.363 e. The van der Waals surface area contributed by atoms with Crippen LogP contribution in [0.3, 0.4) is 0 Å². The minimum Gasteiger partial charge on any atom is -0.402 e. The zero-order chi connectivity index (χ0) is 18.2. The van der Waals surface area contributed by atoms with Crippen LogP contribution in [-0.4, -0.2) is 11.9 Å². The molecule has 1 aliphatic rings. The van der Waals surface area contributed by atoms with Gasteiger partial charge in [-0.15, -0.1) is 0 Å². The van der Waals surface area contributed by atoms with Gasteiger partial charge in [-0.3, -0.25) is 0 Å². The third-order valence-electron chi connectivity index (χ3n) is 4.72. The molecule has 3 nitrogen and oxygen atoms in total. The summed E-state index contributed by atoms with van der Waals surface area (Å²) in [5.74, 6) is -0.0741. The van der Waals surface area contributed by atoms with Crippen molar-refractivity contribution in [2.45, 2.75) is 0 Å². The van der Waals surface area contributed by atoms with Crippen LogP contribution in [0.15, 0.2) is 95.6 Å². The van der Waals surface area contributed by atoms with Gasteiger partial charge in [-0.25, -0.2) is 9.79 Å². The number of benzene rings is 4. The second-order valence-electron chi connectivity index (χ2n) is 6.47. The van der Waals surface area contributed by atoms with Crippen LogP contribution in [0.1, 0.15) is 11.1 Å². The highest BCUT2D eigenvalue weighted by Gasteiger charge is 2.25. The van der Waals surface area contributed by atoms with Crippen molar-refractivity contribution in [3.8, 4) is 0 Å². The Bertz CT molecular complexity index is 1260. The van der Waals surface area contributed by atoms with Crippen molar-refractivity contribution >= 4 is 39.5 Å². The van der Waals surface area contributed by atoms with E-state index in [1.54, 1.807) is 6.08 Å². The van der Waals surface area contributed by atoms with Gasteiger partial charge in [0.05, 0.1) is 0 Å². The van der Waals surface area contributed by atoms with E-state index in [0.29, 0.717) is 11.6 Å². The van der Waals surface area contributed by atoms with Gasteiger partial charge >= 0.3 is 5.97 Å². The summed E-state index contributed by atoms with van der Waals surface area (Å²) in [5.41, 5.74) is 2.06. The molecule has 128 valence electrons. The maximum Gasteiger partial charge on any atom is 0.363 e. The number of nitrogens with zero attached hydrogens (tertiary/aromatic N) is 1. The molecule has 0 amide bonds. The van der Waals surface area contributed by atoms with E-state index in [1.807, 2.05) is 72.8 Å². The van der Waals surface area contributed by atoms with Crippen LogP contribution in [0.4, 0.5) is 0 Å². The first kappa shape index (κ1) is 15.5. The van der Waals surface area contributed by atoms with Crippen LogP contribution in [-0.2, 0) is 9.53 Å². The van der Waals surface area contributed by atoms with Gasteiger partial charge in [-0.05, 0) is 45.3 Å². The highest BCUT2D eigenvalue weighted by atomic mass is 16.6. The number of hydrogen-bond acceptors (Lipinski definition) is 3. The minimum absolute atomic E-state index is 0.313. The Hall–Kier alpha value is -3.72. The number of aliphatic imine (C=N–C) groups is 1. The molecule has 3 heteroatoms. The molecule has 0 fully saturated rings. The van der Waals surface area contributed by atoms with Crippen molar-refractivity contribution in [3.05, 3.63) is 102 Å². The molecule has 0 bridgehead atoms. The Balaban J connectivity index is 1.58. The topological polar surface area (TPSA) is 38.7 Å². The average Bonchev–Trinajstić information content (AvgIpc) is 3.07. The summed E-state index contributed by atoms with van der Waals surface area (Å²) in [5, 5.41) is 4.38. The molecule has 27 heavy (non-hydrogen) atoms. The third-order valence-corrected chi connectivity index (χ3v) is 4.72. The van der Waals surface area contributed by atoms with Gasteiger partial charge in [0.2, 0.25) is 5.90 Å². The fourth-order valence-corrected chi connectivity index (χ4v) is 3.39. The molecule has 4 aromatic carbocycles. The third kappa shape index (κ3) is 2.79. The zero-order valence-corrected chi connectivity index (χ0v) is 14.4. The number of esters is 1. The molecule has 1 aliphatic heterocycles. The Labute approximate surface area is 156 Å². The zero-order valence-electron chi connectivity index (χ0n) is 14.4. The normalized spacial score (nSPS) is 15.3. The first-order chi connectivity index (χ1) is 13.3. The molecule has 1 heterocycles. The van der Waals surface area contributed by atoms with Crippen LogP contribution in [0, 0.1) is 0 Å². The van der Waals surface area contributed by atoms with Gasteiger partial charge < -0.3 is 4.74 Å². The summed E-state index contributed by atoms with van der Waals surface area (Å²) < 4.78 is 5.47. The highest BCUT2D eigenvalue weighted by Crippen LogP contribution is 2.25. The van der Waals surface area contributed by atoms with E-state index in [4.69, 9.17) is 4.74 Å². The second kappa shape index (κ2) is 6.22. The lowest BCUT2D eigenvalue weighted by Gasteiger charge is -2.04. The Morgan fingerprint density at radius 2 is 1.48 bits per heavy atom. The van der Waals surface area contributed by atoms with Crippen molar-refractivity contribution in [2.24, 2.45) is 4.99 Å². The summed E-state index contributed by atoms with van der Waals surface area (Å²) in [6.07, 6.45) is 1.77. The SMILES string of the molecule is O=C1OC(c2cccc3ccccc23)=N/C1=C/c1ccc2ccccc2c1. The Morgan fingerprint density at radius 1 is 0.741 bits per heavy atom. The number of carbonyl (C=O) groups is 1. The Morgan fingerprint density at radius 3 is 2.37 bits per heavy atom. The van der Waals surface area contributed by atoms with E-state index >= 15 is 0 Å². The molecular weight excluding hydrogens is 334 g/mol. The van der Waals surface area contributed by atoms with Crippen molar-refractivity contribution < 1.29 is 9.53 Å². The van der Waals surface area contributed by atoms with Gasteiger partial charge in [0.25, 0.3) is 0 Å². The van der Waals surface area contributed by atoms with Crippen LogP contribution in [0.25, 0.3) is 27.6 Å². The van der Waals surface area contributed by atoms with Crippen molar-refractivity contribution in [3.63, 3.8) is 0 Å². The molecule has 0 saturated carbocycles. The molecule has 0 radical (unpaired) electrons. The lowest BCUT2D eigenvalue weighted by atomic mass is 10.0. The fourth-order valence-electron chi connectivity index (χ4n) is 3.39. The number of fused-ring (bicyclic) bond motifs is 2. The lowest BCUT2D eigenvalue weighted by Crippen LogP contribution is -2.05. The summed E-state index contributed by atoms with van der Waals surface area (Å²) in [7, 11) is 0. The van der Waals surface area contributed by atoms with Crippen LogP contribution >= 0.6 is 0 Å². The van der Waals surface area contributed by atoms with Crippen LogP contribution in [0.2, 0.25) is 0 Å². The second-order valence-corrected chi connectivity index (χ2v) is 6.47. The monoisotopic (exact) mass is 349 g/mol. The van der Waals surface area contributed by atoms with E-state index < -0.39 is 5.97 Å². The van der Waals surface area contributed by atoms with E-state index in [-0.39, 0.29) is 0 Å². The van der Waals surface area contributed by atoms with Gasteiger partial charge in [-0.1, -0.05) is 72.8 Å². The summed E-state index contributed by atoms with van der Waals surface area (Å²) >= 11 is 0. The van der Waals surface area contributed by atoms with Crippen molar-refractivity contribution in [2.75, 3.05) is 0 Å². The molecule has 0 spiro atoms. The molecule has 5 rings (SSSR count). The molecular formula is C24H15NO2. The van der Waals surface area contributed by atoms with Gasteiger partial charge in [0.15, 0.2) is 5.70 Å². The number of rotatable bonds is 2. The molecule has 0 aromatic heterocycles. The summed E-state index contributed by atoms with van der Waals surface area (Å²) in [4.78, 5) is 16.8. The molecule has 4 aromatic rings. The number of carbonyl (C=O) groups excluding carboxylic acids is 1. The maximum atomic E-state index is 12.4. The van der Waals surface area contributed by atoms with Crippen molar-refractivity contribution in [1.29, 1.82) is 0 Å². The standard InChI is InChI=1S/C24H15NO2/c26-24-22(15-16-12-13-17-6-1-2-8-19(17)14-16)25-23(27-24)21-11-5-9-18-7-3-4-10-20(18)21/h1-15H/b22-15+. The lowest BCUT2D eigenvalue weighted by molar-refractivity contribution is -0.129. The molecule has 0 atom stereocenters. The molecule has 0 unspecified atom stereocenters. The maximum absolute atomic E-state index is 12.4. The van der Waals surface area contributed by atoms with E-state index in [2.05, 4.69) is 17.1 Å². The van der Waals surface area contributed by atoms with E-state index in [1.165, 1.54) is 0 Å². The average molecular weight is 349 g/mol. The predicted octanol–water partition coefficient (Wildman–Crippen LogP) is 5.34. The number of ether oxygens (including phenoxy) is 1. The Kier molecular flexibility index (Phi) is 3.58. The largest absolute Gasteiger partial charge is 0.402 e. The number of hydrogen-bond donors (Lipinski definition) is 0. The van der Waals surface area contributed by atoms with Crippen LogP contribution in [0.5, 0.6) is 0 Å². The van der Waals surface area contributed by atoms with Crippen LogP contribution < -0.4 is 0 Å². The summed E-state index contributed by atoms with van der Waals surface area (Å²) in [6, 6.07) is 28.1. The summed E-state index contributed by atoms with van der Waals surface area (Å²) in [6.45, 7) is 0. The molecule has 0 aliphatic carbocycles. The first-order valence-electron chi connectivity index (χ1n) is 8.77. The minimum atomic E-state index is -0.425. The quantitative estimate of drug-likeness (QED) is 0.362. The molecule has 0 saturated heterocycles. The van der Waals surface area contributed by atoms with Crippen molar-refractivity contribution in [1.82, 2.24) is 0 Å². The number of cyclic esters (lactones) is 1. The van der Waals surface area contributed by atoms with E-state index in [0.717, 1.165) is 32.7 Å². The fraction of sp³-hybridized carbons (Fsp3) is 0. The first-order valence-corrected chi connectivity index (χ1v) is 8.77.